The molecule has 2 saturated heterocycles. The summed E-state index contributed by atoms with van der Waals surface area (Å²) in [5.74, 6) is -0.986. The maximum atomic E-state index is 13.3. The van der Waals surface area contributed by atoms with Crippen LogP contribution < -0.4 is 9.47 Å². The number of carboxylic acids is 2. The first-order chi connectivity index (χ1) is 34.3. The number of piperidine rings is 2. The third-order valence-electron chi connectivity index (χ3n) is 12.5. The zero-order valence-electron chi connectivity index (χ0n) is 42.8. The fraction of sp³-hybridized carbons (Fsp3) is 0.500. The number of carbonyl (C=O) groups is 4. The van der Waals surface area contributed by atoms with Crippen LogP contribution in [0.1, 0.15) is 88.5 Å². The third-order valence-corrected chi connectivity index (χ3v) is 12.5. The zero-order chi connectivity index (χ0) is 52.7. The third kappa shape index (κ3) is 21.0. The molecule has 0 aliphatic carbocycles. The van der Waals surface area contributed by atoms with Gasteiger partial charge in [0.2, 0.25) is 11.8 Å². The molecule has 0 radical (unpaired) electrons. The van der Waals surface area contributed by atoms with E-state index in [1.807, 2.05) is 58.3 Å². The highest BCUT2D eigenvalue weighted by Gasteiger charge is 2.30. The maximum Gasteiger partial charge on any atom is 0.335 e. The van der Waals surface area contributed by atoms with Crippen LogP contribution in [-0.4, -0.2) is 142 Å². The molecule has 2 aliphatic heterocycles. The minimum Gasteiger partial charge on any atom is -0.493 e. The maximum absolute atomic E-state index is 13.3. The van der Waals surface area contributed by atoms with Crippen molar-refractivity contribution in [2.75, 3.05) is 53.5 Å². The van der Waals surface area contributed by atoms with Crippen molar-refractivity contribution in [3.63, 3.8) is 0 Å². The SMILES string of the molecule is CC(C)COc1ccc(CCC(=O)N(Cc2ccc(F)cc2)C2CCN(C)CC2)cc1.CC(C)COc1ccc(CCC(=O)N(Cc2ccc(F)cc2)C2CCN(C)CC2)cc1.O=C(O)[C@H](O)[C@@H](O)C(=O)O. The minimum atomic E-state index is -2.27. The molecule has 0 unspecified atom stereocenters. The van der Waals surface area contributed by atoms with Crippen molar-refractivity contribution in [1.82, 2.24) is 19.6 Å². The number of aliphatic hydroxyl groups excluding tert-OH is 2. The molecule has 2 aliphatic rings. The number of hydrogen-bond donors (Lipinski definition) is 4. The molecule has 2 heterocycles. The Morgan fingerprint density at radius 1 is 0.528 bits per heavy atom. The van der Waals surface area contributed by atoms with Gasteiger partial charge < -0.3 is 49.5 Å². The number of aliphatic carboxylic acids is 2. The molecule has 394 valence electrons. The van der Waals surface area contributed by atoms with E-state index in [2.05, 4.69) is 51.6 Å². The van der Waals surface area contributed by atoms with E-state index in [0.717, 1.165) is 85.6 Å². The summed E-state index contributed by atoms with van der Waals surface area (Å²) in [6.07, 6.45) is 1.73. The summed E-state index contributed by atoms with van der Waals surface area (Å²) in [6, 6.07) is 29.6. The second-order valence-electron chi connectivity index (χ2n) is 19.6. The Bertz CT molecular complexity index is 2070. The normalized spacial score (nSPS) is 15.3. The van der Waals surface area contributed by atoms with E-state index >= 15 is 0 Å². The number of amides is 2. The molecule has 6 rings (SSSR count). The molecule has 16 heteroatoms. The Labute approximate surface area is 424 Å². The number of rotatable bonds is 21. The van der Waals surface area contributed by atoms with Crippen LogP contribution in [0.3, 0.4) is 0 Å². The Hall–Kier alpha value is -5.94. The monoisotopic (exact) mass is 1000 g/mol. The average molecular weight is 1000 g/mol. The highest BCUT2D eigenvalue weighted by Crippen LogP contribution is 2.24. The van der Waals surface area contributed by atoms with Crippen LogP contribution in [-0.2, 0) is 45.1 Å². The summed E-state index contributed by atoms with van der Waals surface area (Å²) in [5.41, 5.74) is 4.21. The van der Waals surface area contributed by atoms with Gasteiger partial charge in [-0.1, -0.05) is 76.2 Å². The van der Waals surface area contributed by atoms with E-state index in [1.165, 1.54) is 24.3 Å². The van der Waals surface area contributed by atoms with Crippen LogP contribution in [0.2, 0.25) is 0 Å². The van der Waals surface area contributed by atoms with Gasteiger partial charge in [0.25, 0.3) is 0 Å². The number of carbonyl (C=O) groups excluding carboxylic acids is 2. The van der Waals surface area contributed by atoms with Gasteiger partial charge in [0.05, 0.1) is 13.2 Å². The van der Waals surface area contributed by atoms with Crippen LogP contribution in [0.15, 0.2) is 97.1 Å². The molecule has 72 heavy (non-hydrogen) atoms. The second kappa shape index (κ2) is 30.2. The van der Waals surface area contributed by atoms with Gasteiger partial charge in [0.15, 0.2) is 12.2 Å². The van der Waals surface area contributed by atoms with Crippen molar-refractivity contribution >= 4 is 23.8 Å². The van der Waals surface area contributed by atoms with Crippen molar-refractivity contribution in [3.05, 3.63) is 131 Å². The number of halogens is 2. The smallest absolute Gasteiger partial charge is 0.335 e. The topological polar surface area (TPSA) is 181 Å². The van der Waals surface area contributed by atoms with Crippen LogP contribution in [0.5, 0.6) is 11.5 Å². The van der Waals surface area contributed by atoms with E-state index in [0.29, 0.717) is 63.8 Å². The predicted octanol–water partition coefficient (Wildman–Crippen LogP) is 7.71. The quantitative estimate of drug-likeness (QED) is 0.0640. The molecule has 0 saturated carbocycles. The van der Waals surface area contributed by atoms with Crippen LogP contribution in [0.25, 0.3) is 0 Å². The summed E-state index contributed by atoms with van der Waals surface area (Å²) >= 11 is 0. The van der Waals surface area contributed by atoms with Gasteiger partial charge in [-0.2, -0.15) is 0 Å². The fourth-order valence-corrected chi connectivity index (χ4v) is 8.12. The molecule has 4 N–H and O–H groups in total. The number of benzene rings is 4. The number of carboxylic acid groups (broad SMARTS) is 2. The van der Waals surface area contributed by atoms with Crippen molar-refractivity contribution in [2.24, 2.45) is 11.8 Å². The molecule has 0 bridgehead atoms. The fourth-order valence-electron chi connectivity index (χ4n) is 8.12. The lowest BCUT2D eigenvalue weighted by molar-refractivity contribution is -0.165. The van der Waals surface area contributed by atoms with E-state index < -0.39 is 24.1 Å². The van der Waals surface area contributed by atoms with Crippen molar-refractivity contribution < 1.29 is 57.9 Å². The van der Waals surface area contributed by atoms with E-state index in [-0.39, 0.29) is 35.5 Å². The lowest BCUT2D eigenvalue weighted by Crippen LogP contribution is -2.46. The zero-order valence-corrected chi connectivity index (χ0v) is 42.8. The summed E-state index contributed by atoms with van der Waals surface area (Å²) in [4.78, 5) is 54.6. The number of likely N-dealkylation sites (tertiary alicyclic amines) is 2. The van der Waals surface area contributed by atoms with Crippen molar-refractivity contribution in [1.29, 1.82) is 0 Å². The minimum absolute atomic E-state index is 0.166. The lowest BCUT2D eigenvalue weighted by atomic mass is 10.0. The number of aryl methyl sites for hydroxylation is 2. The first-order valence-electron chi connectivity index (χ1n) is 25.0. The summed E-state index contributed by atoms with van der Waals surface area (Å²) in [5, 5.41) is 32.5. The summed E-state index contributed by atoms with van der Waals surface area (Å²) in [7, 11) is 4.24. The van der Waals surface area contributed by atoms with Crippen molar-refractivity contribution in [3.8, 4) is 11.5 Å². The van der Waals surface area contributed by atoms with Gasteiger partial charge in [-0.05, 0) is 161 Å². The molecule has 0 aromatic heterocycles. The Kier molecular flexibility index (Phi) is 24.6. The first kappa shape index (κ1) is 58.6. The Morgan fingerprint density at radius 2 is 0.819 bits per heavy atom. The van der Waals surface area contributed by atoms with Crippen LogP contribution in [0, 0.1) is 23.5 Å². The first-order valence-corrected chi connectivity index (χ1v) is 25.0. The molecule has 4 aromatic carbocycles. The van der Waals surface area contributed by atoms with Gasteiger partial charge in [0, 0.05) is 38.0 Å². The van der Waals surface area contributed by atoms with Gasteiger partial charge in [-0.15, -0.1) is 0 Å². The van der Waals surface area contributed by atoms with Crippen LogP contribution >= 0.6 is 0 Å². The summed E-state index contributed by atoms with van der Waals surface area (Å²) < 4.78 is 38.1. The number of nitrogens with zero attached hydrogens (tertiary/aromatic N) is 4. The Morgan fingerprint density at radius 3 is 1.10 bits per heavy atom. The van der Waals surface area contributed by atoms with Crippen LogP contribution in [0.4, 0.5) is 8.78 Å². The van der Waals surface area contributed by atoms with Crippen molar-refractivity contribution in [2.45, 2.75) is 116 Å². The highest BCUT2D eigenvalue weighted by molar-refractivity contribution is 5.83. The summed E-state index contributed by atoms with van der Waals surface area (Å²) in [6.45, 7) is 15.0. The largest absolute Gasteiger partial charge is 0.493 e. The molecule has 0 spiro atoms. The Balaban J connectivity index is 0.000000263. The number of hydrogen-bond acceptors (Lipinski definition) is 10. The molecule has 4 aromatic rings. The number of aliphatic hydroxyl groups is 2. The standard InChI is InChI=1S/2C26H35FN2O2.C4H6O6/c2*1-20(2)19-31-25-11-6-21(7-12-25)8-13-26(30)29(24-14-16-28(3)17-15-24)18-22-4-9-23(27)10-5-22;5-1(3(7)8)2(6)4(9)10/h2*4-7,9-12,20,24H,8,13-19H2,1-3H3;1-2,5-6H,(H,7,8)(H,9,10)/t;;1-,2-/m..1/s1. The average Bonchev–Trinajstić information content (AvgIpc) is 3.36. The van der Waals surface area contributed by atoms with Gasteiger partial charge >= 0.3 is 11.9 Å². The van der Waals surface area contributed by atoms with Gasteiger partial charge in [-0.25, -0.2) is 18.4 Å². The van der Waals surface area contributed by atoms with Gasteiger partial charge in [-0.3, -0.25) is 9.59 Å². The highest BCUT2D eigenvalue weighted by atomic mass is 19.1. The molecule has 2 amide bonds. The molecule has 2 atom stereocenters. The van der Waals surface area contributed by atoms with Gasteiger partial charge in [0.1, 0.15) is 23.1 Å². The molecule has 14 nitrogen and oxygen atoms in total. The molecular formula is C56H76F2N4O10. The van der Waals surface area contributed by atoms with E-state index in [4.69, 9.17) is 29.9 Å². The number of ether oxygens (including phenoxy) is 2. The predicted molar refractivity (Wildman–Crippen MR) is 272 cm³/mol. The van der Waals surface area contributed by atoms with E-state index in [9.17, 15) is 28.0 Å². The lowest BCUT2D eigenvalue weighted by Gasteiger charge is -2.37. The molecular weight excluding hydrogens is 927 g/mol. The van der Waals surface area contributed by atoms with E-state index in [1.54, 1.807) is 24.3 Å². The molecule has 2 fully saturated rings. The second-order valence-corrected chi connectivity index (χ2v) is 19.6.